The molecule has 0 amide bonds. The minimum absolute atomic E-state index is 0.429. The average molecular weight is 224 g/mol. The van der Waals surface area contributed by atoms with Crippen LogP contribution in [0.25, 0.3) is 0 Å². The molecule has 0 bridgehead atoms. The summed E-state index contributed by atoms with van der Waals surface area (Å²) in [7, 11) is 0. The summed E-state index contributed by atoms with van der Waals surface area (Å²) in [6.07, 6.45) is 6.44. The van der Waals surface area contributed by atoms with Crippen molar-refractivity contribution in [3.05, 3.63) is 0 Å². The van der Waals surface area contributed by atoms with E-state index in [4.69, 9.17) is 5.21 Å². The molecule has 92 valence electrons. The van der Waals surface area contributed by atoms with Crippen molar-refractivity contribution in [2.75, 3.05) is 13.1 Å². The predicted molar refractivity (Wildman–Crippen MR) is 66.0 cm³/mol. The van der Waals surface area contributed by atoms with Crippen molar-refractivity contribution < 1.29 is 5.21 Å². The summed E-state index contributed by atoms with van der Waals surface area (Å²) in [6.45, 7) is 6.71. The fourth-order valence-electron chi connectivity index (χ4n) is 3.14. The minimum Gasteiger partial charge on any atom is -0.411 e. The summed E-state index contributed by atoms with van der Waals surface area (Å²) in [5.74, 6) is 1.35. The molecule has 2 fully saturated rings. The molecule has 0 aromatic rings. The summed E-state index contributed by atoms with van der Waals surface area (Å²) < 4.78 is 0. The molecule has 1 aliphatic carbocycles. The quantitative estimate of drug-likeness (QED) is 0.549. The second kappa shape index (κ2) is 5.17. The molecule has 16 heavy (non-hydrogen) atoms. The number of hydrogen-bond donors (Lipinski definition) is 1. The van der Waals surface area contributed by atoms with Gasteiger partial charge in [-0.15, -0.1) is 0 Å². The lowest BCUT2D eigenvalue weighted by Gasteiger charge is -2.40. The van der Waals surface area contributed by atoms with E-state index in [9.17, 15) is 0 Å². The summed E-state index contributed by atoms with van der Waals surface area (Å²) in [5.41, 5.74) is 0.987. The Kier molecular flexibility index (Phi) is 3.85. The maximum atomic E-state index is 8.86. The molecule has 1 saturated carbocycles. The van der Waals surface area contributed by atoms with Gasteiger partial charge in [0, 0.05) is 31.5 Å². The molecule has 2 aliphatic rings. The zero-order valence-electron chi connectivity index (χ0n) is 10.5. The van der Waals surface area contributed by atoms with Gasteiger partial charge in [-0.05, 0) is 31.6 Å². The van der Waals surface area contributed by atoms with Crippen molar-refractivity contribution in [2.24, 2.45) is 17.0 Å². The Labute approximate surface area is 98.5 Å². The highest BCUT2D eigenvalue weighted by atomic mass is 16.4. The van der Waals surface area contributed by atoms with Crippen molar-refractivity contribution in [2.45, 2.75) is 52.0 Å². The SMILES string of the molecule is CC1CCC(N2CCC(=NO)C(C)C2)CC1. The molecule has 0 aromatic heterocycles. The Hall–Kier alpha value is -0.570. The van der Waals surface area contributed by atoms with E-state index < -0.39 is 0 Å². The largest absolute Gasteiger partial charge is 0.411 e. The van der Waals surface area contributed by atoms with E-state index in [1.165, 1.54) is 25.7 Å². The fraction of sp³-hybridized carbons (Fsp3) is 0.923. The van der Waals surface area contributed by atoms with Crippen molar-refractivity contribution in [3.8, 4) is 0 Å². The number of oxime groups is 1. The third-order valence-corrected chi connectivity index (χ3v) is 4.36. The van der Waals surface area contributed by atoms with Gasteiger partial charge in [0.15, 0.2) is 0 Å². The van der Waals surface area contributed by atoms with Crippen LogP contribution in [-0.2, 0) is 0 Å². The van der Waals surface area contributed by atoms with Crippen LogP contribution in [0.2, 0.25) is 0 Å². The van der Waals surface area contributed by atoms with Gasteiger partial charge in [-0.3, -0.25) is 4.90 Å². The first-order valence-corrected chi connectivity index (χ1v) is 6.65. The van der Waals surface area contributed by atoms with Gasteiger partial charge >= 0.3 is 0 Å². The van der Waals surface area contributed by atoms with Gasteiger partial charge < -0.3 is 5.21 Å². The van der Waals surface area contributed by atoms with Gasteiger partial charge in [0.25, 0.3) is 0 Å². The van der Waals surface area contributed by atoms with Crippen molar-refractivity contribution in [1.29, 1.82) is 0 Å². The Morgan fingerprint density at radius 2 is 1.88 bits per heavy atom. The lowest BCUT2D eigenvalue weighted by molar-refractivity contribution is 0.124. The molecular weight excluding hydrogens is 200 g/mol. The van der Waals surface area contributed by atoms with E-state index in [1.807, 2.05) is 0 Å². The van der Waals surface area contributed by atoms with Crippen molar-refractivity contribution in [1.82, 2.24) is 4.90 Å². The summed E-state index contributed by atoms with van der Waals surface area (Å²) in [6, 6.07) is 0.791. The first-order chi connectivity index (χ1) is 7.70. The Balaban J connectivity index is 1.87. The Morgan fingerprint density at radius 1 is 1.19 bits per heavy atom. The molecule has 1 atom stereocenters. The molecular formula is C13H24N2O. The third kappa shape index (κ3) is 2.57. The van der Waals surface area contributed by atoms with Crippen LogP contribution in [0.3, 0.4) is 0 Å². The molecule has 1 saturated heterocycles. The lowest BCUT2D eigenvalue weighted by Crippen LogP contribution is -2.46. The maximum Gasteiger partial charge on any atom is 0.0624 e. The number of likely N-dealkylation sites (tertiary alicyclic amines) is 1. The van der Waals surface area contributed by atoms with Crippen LogP contribution < -0.4 is 0 Å². The highest BCUT2D eigenvalue weighted by Crippen LogP contribution is 2.29. The highest BCUT2D eigenvalue weighted by molar-refractivity contribution is 5.87. The average Bonchev–Trinajstić information content (AvgIpc) is 2.30. The number of rotatable bonds is 1. The normalized spacial score (nSPS) is 40.1. The second-order valence-electron chi connectivity index (χ2n) is 5.65. The Bertz CT molecular complexity index is 257. The maximum absolute atomic E-state index is 8.86. The van der Waals surface area contributed by atoms with Crippen LogP contribution in [0.15, 0.2) is 5.16 Å². The van der Waals surface area contributed by atoms with Crippen LogP contribution in [0, 0.1) is 11.8 Å². The fourth-order valence-corrected chi connectivity index (χ4v) is 3.14. The molecule has 1 aliphatic heterocycles. The minimum atomic E-state index is 0.429. The van der Waals surface area contributed by atoms with Gasteiger partial charge in [-0.2, -0.15) is 0 Å². The van der Waals surface area contributed by atoms with Crippen LogP contribution in [-0.4, -0.2) is 35.0 Å². The summed E-state index contributed by atoms with van der Waals surface area (Å²) in [4.78, 5) is 2.62. The molecule has 1 heterocycles. The van der Waals surface area contributed by atoms with Crippen LogP contribution in [0.5, 0.6) is 0 Å². The van der Waals surface area contributed by atoms with Crippen LogP contribution in [0.4, 0.5) is 0 Å². The van der Waals surface area contributed by atoms with E-state index in [-0.39, 0.29) is 0 Å². The van der Waals surface area contributed by atoms with E-state index >= 15 is 0 Å². The Morgan fingerprint density at radius 3 is 2.44 bits per heavy atom. The molecule has 1 unspecified atom stereocenters. The zero-order valence-corrected chi connectivity index (χ0v) is 10.5. The van der Waals surface area contributed by atoms with E-state index in [0.29, 0.717) is 5.92 Å². The van der Waals surface area contributed by atoms with Crippen LogP contribution >= 0.6 is 0 Å². The molecule has 3 nitrogen and oxygen atoms in total. The predicted octanol–water partition coefficient (Wildman–Crippen LogP) is 2.74. The molecule has 3 heteroatoms. The number of hydrogen-bond acceptors (Lipinski definition) is 3. The van der Waals surface area contributed by atoms with Gasteiger partial charge in [0.1, 0.15) is 0 Å². The molecule has 0 spiro atoms. The molecule has 2 rings (SSSR count). The van der Waals surface area contributed by atoms with E-state index in [1.54, 1.807) is 0 Å². The third-order valence-electron chi connectivity index (χ3n) is 4.36. The zero-order chi connectivity index (χ0) is 11.5. The number of piperidine rings is 1. The standard InChI is InChI=1S/C13H24N2O/c1-10-3-5-12(6-4-10)15-8-7-13(14-16)11(2)9-15/h10-12,16H,3-9H2,1-2H3. The first kappa shape index (κ1) is 11.9. The molecule has 0 aromatic carbocycles. The van der Waals surface area contributed by atoms with Gasteiger partial charge in [0.05, 0.1) is 5.71 Å². The van der Waals surface area contributed by atoms with Crippen molar-refractivity contribution in [3.63, 3.8) is 0 Å². The van der Waals surface area contributed by atoms with E-state index in [2.05, 4.69) is 23.9 Å². The second-order valence-corrected chi connectivity index (χ2v) is 5.65. The number of nitrogens with zero attached hydrogens (tertiary/aromatic N) is 2. The van der Waals surface area contributed by atoms with Gasteiger partial charge in [-0.25, -0.2) is 0 Å². The molecule has 0 radical (unpaired) electrons. The van der Waals surface area contributed by atoms with Gasteiger partial charge in [-0.1, -0.05) is 19.0 Å². The summed E-state index contributed by atoms with van der Waals surface area (Å²) >= 11 is 0. The van der Waals surface area contributed by atoms with Crippen LogP contribution in [0.1, 0.15) is 46.0 Å². The smallest absolute Gasteiger partial charge is 0.0624 e. The van der Waals surface area contributed by atoms with Gasteiger partial charge in [0.2, 0.25) is 0 Å². The summed E-state index contributed by atoms with van der Waals surface area (Å²) in [5, 5.41) is 12.3. The molecule has 1 N–H and O–H groups in total. The first-order valence-electron chi connectivity index (χ1n) is 6.65. The van der Waals surface area contributed by atoms with E-state index in [0.717, 1.165) is 37.2 Å². The van der Waals surface area contributed by atoms with Crippen molar-refractivity contribution >= 4 is 5.71 Å². The lowest BCUT2D eigenvalue weighted by atomic mass is 9.85. The highest BCUT2D eigenvalue weighted by Gasteiger charge is 2.29. The topological polar surface area (TPSA) is 35.8 Å². The monoisotopic (exact) mass is 224 g/mol.